The van der Waals surface area contributed by atoms with Crippen molar-refractivity contribution in [3.05, 3.63) is 35.9 Å². The lowest BCUT2D eigenvalue weighted by Gasteiger charge is -2.19. The molecule has 2 atom stereocenters. The molecule has 3 aliphatic rings. The van der Waals surface area contributed by atoms with Gasteiger partial charge in [-0.15, -0.1) is 0 Å². The maximum Gasteiger partial charge on any atom is 0.233 e. The average molecular weight is 381 g/mol. The number of hydrogen-bond donors (Lipinski definition) is 1. The molecule has 1 N–H and O–H groups in total. The molecule has 1 aliphatic carbocycles. The number of allylic oxidation sites excluding steroid dienone is 2. The van der Waals surface area contributed by atoms with Gasteiger partial charge >= 0.3 is 0 Å². The lowest BCUT2D eigenvalue weighted by molar-refractivity contribution is -0.140. The highest BCUT2D eigenvalue weighted by Gasteiger charge is 2.46. The number of nitrogens with one attached hydrogen (secondary N) is 1. The Hall–Kier alpha value is -2.63. The smallest absolute Gasteiger partial charge is 0.233 e. The van der Waals surface area contributed by atoms with Crippen molar-refractivity contribution in [2.45, 2.75) is 39.0 Å². The maximum absolute atomic E-state index is 12.5. The van der Waals surface area contributed by atoms with Gasteiger partial charge in [0.15, 0.2) is 0 Å². The van der Waals surface area contributed by atoms with Crippen molar-refractivity contribution in [2.24, 2.45) is 11.8 Å². The van der Waals surface area contributed by atoms with E-state index in [1.165, 1.54) is 23.4 Å². The zero-order chi connectivity index (χ0) is 19.7. The summed E-state index contributed by atoms with van der Waals surface area (Å²) in [5, 5.41) is 2.93. The minimum Gasteiger partial charge on any atom is -0.372 e. The summed E-state index contributed by atoms with van der Waals surface area (Å²) in [5.41, 5.74) is 2.99. The van der Waals surface area contributed by atoms with Crippen molar-refractivity contribution in [3.8, 4) is 0 Å². The van der Waals surface area contributed by atoms with E-state index in [0.717, 1.165) is 24.3 Å². The summed E-state index contributed by atoms with van der Waals surface area (Å²) in [4.78, 5) is 41.0. The van der Waals surface area contributed by atoms with Gasteiger partial charge in [-0.25, -0.2) is 0 Å². The van der Waals surface area contributed by atoms with Crippen LogP contribution in [0.25, 0.3) is 0 Å². The third kappa shape index (κ3) is 3.55. The van der Waals surface area contributed by atoms with Crippen molar-refractivity contribution in [3.63, 3.8) is 0 Å². The van der Waals surface area contributed by atoms with Crippen LogP contribution in [-0.4, -0.2) is 42.3 Å². The first-order valence-electron chi connectivity index (χ1n) is 10.2. The van der Waals surface area contributed by atoms with Crippen molar-refractivity contribution in [1.82, 2.24) is 4.90 Å². The first-order valence-corrected chi connectivity index (χ1v) is 10.2. The molecule has 6 heteroatoms. The number of aryl methyl sites for hydroxylation is 1. The minimum absolute atomic E-state index is 0.123. The third-order valence-electron chi connectivity index (χ3n) is 6.12. The number of likely N-dealkylation sites (tertiary alicyclic amines) is 1. The number of benzene rings is 1. The molecule has 0 aromatic heterocycles. The Morgan fingerprint density at radius 1 is 1.07 bits per heavy atom. The normalized spacial score (nSPS) is 24.0. The van der Waals surface area contributed by atoms with Crippen LogP contribution in [0.3, 0.4) is 0 Å². The molecule has 0 spiro atoms. The SMILES string of the molecule is Cc1cc(N2CCCC2)ccc1NC(=O)CCN1C(=O)[C@H]2CC=CC[C@H]2C1=O. The molecule has 2 heterocycles. The summed E-state index contributed by atoms with van der Waals surface area (Å²) in [6.07, 6.45) is 7.76. The molecule has 0 unspecified atom stereocenters. The van der Waals surface area contributed by atoms with Gasteiger partial charge in [0.2, 0.25) is 17.7 Å². The van der Waals surface area contributed by atoms with Gasteiger partial charge in [-0.1, -0.05) is 12.2 Å². The Morgan fingerprint density at radius 3 is 2.32 bits per heavy atom. The molecule has 1 aromatic rings. The Morgan fingerprint density at radius 2 is 1.71 bits per heavy atom. The van der Waals surface area contributed by atoms with Gasteiger partial charge in [0.25, 0.3) is 0 Å². The van der Waals surface area contributed by atoms with E-state index in [1.54, 1.807) is 0 Å². The van der Waals surface area contributed by atoms with Crippen LogP contribution in [0.15, 0.2) is 30.4 Å². The van der Waals surface area contributed by atoms with E-state index in [-0.39, 0.29) is 42.5 Å². The molecule has 6 nitrogen and oxygen atoms in total. The number of imide groups is 1. The highest BCUT2D eigenvalue weighted by molar-refractivity contribution is 6.05. The Kier molecular flexibility index (Phi) is 5.20. The summed E-state index contributed by atoms with van der Waals surface area (Å²) in [7, 11) is 0. The molecule has 2 saturated heterocycles. The standard InChI is InChI=1S/C22H27N3O3/c1-15-14-16(24-11-4-5-12-24)8-9-19(15)23-20(26)10-13-25-21(27)17-6-2-3-7-18(17)22(25)28/h2-3,8-9,14,17-18H,4-7,10-13H2,1H3,(H,23,26)/t17-,18+. The van der Waals surface area contributed by atoms with E-state index in [1.807, 2.05) is 31.2 Å². The van der Waals surface area contributed by atoms with Crippen LogP contribution in [0.5, 0.6) is 0 Å². The topological polar surface area (TPSA) is 69.7 Å². The van der Waals surface area contributed by atoms with Gasteiger partial charge in [-0.05, 0) is 56.4 Å². The number of nitrogens with zero attached hydrogens (tertiary/aromatic N) is 2. The number of carbonyl (C=O) groups is 3. The van der Waals surface area contributed by atoms with Crippen LogP contribution in [0.4, 0.5) is 11.4 Å². The van der Waals surface area contributed by atoms with Crippen LogP contribution < -0.4 is 10.2 Å². The van der Waals surface area contributed by atoms with E-state index in [4.69, 9.17) is 0 Å². The zero-order valence-corrected chi connectivity index (χ0v) is 16.3. The first-order chi connectivity index (χ1) is 13.5. The highest BCUT2D eigenvalue weighted by atomic mass is 16.2. The molecule has 0 saturated carbocycles. The molecule has 0 bridgehead atoms. The van der Waals surface area contributed by atoms with Crippen LogP contribution in [0, 0.1) is 18.8 Å². The zero-order valence-electron chi connectivity index (χ0n) is 16.3. The van der Waals surface area contributed by atoms with Gasteiger partial charge in [-0.3, -0.25) is 19.3 Å². The molecular formula is C22H27N3O3. The second-order valence-electron chi connectivity index (χ2n) is 7.98. The Balaban J connectivity index is 1.33. The second kappa shape index (κ2) is 7.78. The lowest BCUT2D eigenvalue weighted by Crippen LogP contribution is -2.34. The number of anilines is 2. The maximum atomic E-state index is 12.5. The lowest BCUT2D eigenvalue weighted by atomic mass is 9.85. The predicted octanol–water partition coefficient (Wildman–Crippen LogP) is 2.88. The Bertz CT molecular complexity index is 800. The fourth-order valence-electron chi connectivity index (χ4n) is 4.48. The average Bonchev–Trinajstić information content (AvgIpc) is 3.31. The van der Waals surface area contributed by atoms with Crippen molar-refractivity contribution in [2.75, 3.05) is 29.9 Å². The predicted molar refractivity (Wildman–Crippen MR) is 108 cm³/mol. The number of carbonyl (C=O) groups excluding carboxylic acids is 3. The van der Waals surface area contributed by atoms with E-state index < -0.39 is 0 Å². The van der Waals surface area contributed by atoms with E-state index in [2.05, 4.69) is 16.3 Å². The number of hydrogen-bond acceptors (Lipinski definition) is 4. The number of rotatable bonds is 5. The summed E-state index contributed by atoms with van der Waals surface area (Å²) < 4.78 is 0. The quantitative estimate of drug-likeness (QED) is 0.629. The second-order valence-corrected chi connectivity index (χ2v) is 7.98. The molecule has 3 amide bonds. The molecule has 2 fully saturated rings. The fraction of sp³-hybridized carbons (Fsp3) is 0.500. The van der Waals surface area contributed by atoms with Crippen molar-refractivity contribution < 1.29 is 14.4 Å². The molecule has 148 valence electrons. The molecular weight excluding hydrogens is 354 g/mol. The van der Waals surface area contributed by atoms with Crippen LogP contribution in [0.1, 0.15) is 37.7 Å². The molecule has 1 aromatic carbocycles. The van der Waals surface area contributed by atoms with Crippen LogP contribution in [-0.2, 0) is 14.4 Å². The molecule has 4 rings (SSSR count). The Labute approximate surface area is 165 Å². The monoisotopic (exact) mass is 381 g/mol. The largest absolute Gasteiger partial charge is 0.372 e. The van der Waals surface area contributed by atoms with Gasteiger partial charge in [0.1, 0.15) is 0 Å². The summed E-state index contributed by atoms with van der Waals surface area (Å²) in [6.45, 7) is 4.31. The number of amides is 3. The van der Waals surface area contributed by atoms with Gasteiger partial charge in [-0.2, -0.15) is 0 Å². The summed E-state index contributed by atoms with van der Waals surface area (Å²) >= 11 is 0. The van der Waals surface area contributed by atoms with Crippen molar-refractivity contribution >= 4 is 29.1 Å². The van der Waals surface area contributed by atoms with Gasteiger partial charge in [0, 0.05) is 37.4 Å². The van der Waals surface area contributed by atoms with E-state index >= 15 is 0 Å². The van der Waals surface area contributed by atoms with Crippen molar-refractivity contribution in [1.29, 1.82) is 0 Å². The highest BCUT2D eigenvalue weighted by Crippen LogP contribution is 2.35. The third-order valence-corrected chi connectivity index (χ3v) is 6.12. The van der Waals surface area contributed by atoms with Crippen LogP contribution in [0.2, 0.25) is 0 Å². The first kappa shape index (κ1) is 18.7. The summed E-state index contributed by atoms with van der Waals surface area (Å²) in [6, 6.07) is 6.08. The van der Waals surface area contributed by atoms with Crippen LogP contribution >= 0.6 is 0 Å². The molecule has 2 aliphatic heterocycles. The fourth-order valence-corrected chi connectivity index (χ4v) is 4.48. The number of fused-ring (bicyclic) bond motifs is 1. The van der Waals surface area contributed by atoms with E-state index in [0.29, 0.717) is 12.8 Å². The van der Waals surface area contributed by atoms with Gasteiger partial charge < -0.3 is 10.2 Å². The minimum atomic E-state index is -0.235. The molecule has 0 radical (unpaired) electrons. The molecule has 28 heavy (non-hydrogen) atoms. The summed E-state index contributed by atoms with van der Waals surface area (Å²) in [5.74, 6) is -0.899. The van der Waals surface area contributed by atoms with E-state index in [9.17, 15) is 14.4 Å². The van der Waals surface area contributed by atoms with Gasteiger partial charge in [0.05, 0.1) is 11.8 Å².